The first-order valence-electron chi connectivity index (χ1n) is 8.39. The lowest BCUT2D eigenvalue weighted by Crippen LogP contribution is -2.21. The molecule has 0 spiro atoms. The van der Waals surface area contributed by atoms with Crippen molar-refractivity contribution in [3.63, 3.8) is 0 Å². The van der Waals surface area contributed by atoms with Crippen LogP contribution in [0.3, 0.4) is 0 Å². The van der Waals surface area contributed by atoms with Gasteiger partial charge in [-0.25, -0.2) is 9.97 Å². The SMILES string of the molecule is O=C1c2ccccc2C(=O)c2c1ccc1c(Cl)nc(-c3ccccc3)nc21. The van der Waals surface area contributed by atoms with E-state index in [1.54, 1.807) is 36.4 Å². The Labute approximate surface area is 159 Å². The molecular formula is C22H11ClN2O2. The van der Waals surface area contributed by atoms with Gasteiger partial charge in [-0.2, -0.15) is 0 Å². The minimum absolute atomic E-state index is 0.182. The molecule has 0 atom stereocenters. The minimum atomic E-state index is -0.223. The van der Waals surface area contributed by atoms with Gasteiger partial charge in [-0.05, 0) is 12.1 Å². The molecule has 1 heterocycles. The molecule has 27 heavy (non-hydrogen) atoms. The van der Waals surface area contributed by atoms with Crippen molar-refractivity contribution in [2.45, 2.75) is 0 Å². The van der Waals surface area contributed by atoms with Gasteiger partial charge in [-0.3, -0.25) is 9.59 Å². The maximum Gasteiger partial charge on any atom is 0.196 e. The number of ketones is 2. The molecule has 0 unspecified atom stereocenters. The molecule has 0 saturated carbocycles. The van der Waals surface area contributed by atoms with Crippen molar-refractivity contribution in [3.8, 4) is 11.4 Å². The van der Waals surface area contributed by atoms with Crippen molar-refractivity contribution in [1.29, 1.82) is 0 Å². The number of benzene rings is 3. The van der Waals surface area contributed by atoms with E-state index in [2.05, 4.69) is 9.97 Å². The first-order valence-corrected chi connectivity index (χ1v) is 8.77. The smallest absolute Gasteiger partial charge is 0.196 e. The van der Waals surface area contributed by atoms with Crippen molar-refractivity contribution >= 4 is 34.1 Å². The zero-order valence-electron chi connectivity index (χ0n) is 13.9. The molecule has 1 aromatic heterocycles. The van der Waals surface area contributed by atoms with Crippen LogP contribution >= 0.6 is 11.6 Å². The number of hydrogen-bond donors (Lipinski definition) is 0. The normalized spacial score (nSPS) is 12.8. The first-order chi connectivity index (χ1) is 13.1. The Morgan fingerprint density at radius 3 is 2.07 bits per heavy atom. The third-order valence-electron chi connectivity index (χ3n) is 4.74. The van der Waals surface area contributed by atoms with Crippen molar-refractivity contribution < 1.29 is 9.59 Å². The minimum Gasteiger partial charge on any atom is -0.289 e. The molecular weight excluding hydrogens is 360 g/mol. The Bertz CT molecular complexity index is 1270. The summed E-state index contributed by atoms with van der Waals surface area (Å²) in [6, 6.07) is 19.6. The molecule has 5 rings (SSSR count). The predicted molar refractivity (Wildman–Crippen MR) is 103 cm³/mol. The van der Waals surface area contributed by atoms with E-state index in [0.717, 1.165) is 5.56 Å². The molecule has 0 saturated heterocycles. The maximum atomic E-state index is 13.2. The second-order valence-corrected chi connectivity index (χ2v) is 6.65. The highest BCUT2D eigenvalue weighted by atomic mass is 35.5. The van der Waals surface area contributed by atoms with Gasteiger partial charge in [0.1, 0.15) is 5.15 Å². The molecule has 4 aromatic rings. The number of carbonyl (C=O) groups excluding carboxylic acids is 2. The Kier molecular flexibility index (Phi) is 3.42. The van der Waals surface area contributed by atoms with Crippen LogP contribution in [0.2, 0.25) is 5.15 Å². The van der Waals surface area contributed by atoms with Crippen molar-refractivity contribution in [3.05, 3.63) is 94.1 Å². The van der Waals surface area contributed by atoms with E-state index in [1.807, 2.05) is 30.3 Å². The van der Waals surface area contributed by atoms with E-state index in [-0.39, 0.29) is 22.3 Å². The van der Waals surface area contributed by atoms with Crippen LogP contribution in [0.1, 0.15) is 31.8 Å². The van der Waals surface area contributed by atoms with E-state index in [0.29, 0.717) is 33.4 Å². The molecule has 1 aliphatic carbocycles. The van der Waals surface area contributed by atoms with E-state index in [1.165, 1.54) is 0 Å². The quantitative estimate of drug-likeness (QED) is 0.400. The molecule has 3 aromatic carbocycles. The monoisotopic (exact) mass is 370 g/mol. The van der Waals surface area contributed by atoms with Gasteiger partial charge in [0.25, 0.3) is 0 Å². The zero-order valence-corrected chi connectivity index (χ0v) is 14.7. The van der Waals surface area contributed by atoms with Crippen LogP contribution < -0.4 is 0 Å². The number of fused-ring (bicyclic) bond motifs is 4. The fraction of sp³-hybridized carbons (Fsp3) is 0. The van der Waals surface area contributed by atoms with Gasteiger partial charge in [0, 0.05) is 27.6 Å². The van der Waals surface area contributed by atoms with Crippen LogP contribution in [0.5, 0.6) is 0 Å². The number of carbonyl (C=O) groups is 2. The largest absolute Gasteiger partial charge is 0.289 e. The average Bonchev–Trinajstić information content (AvgIpc) is 2.72. The highest BCUT2D eigenvalue weighted by Crippen LogP contribution is 2.34. The van der Waals surface area contributed by atoms with Gasteiger partial charge >= 0.3 is 0 Å². The summed E-state index contributed by atoms with van der Waals surface area (Å²) in [5.74, 6) is 0.0123. The molecule has 0 fully saturated rings. The lowest BCUT2D eigenvalue weighted by Gasteiger charge is -2.19. The maximum absolute atomic E-state index is 13.2. The summed E-state index contributed by atoms with van der Waals surface area (Å²) in [5.41, 5.74) is 2.63. The second kappa shape index (κ2) is 5.83. The summed E-state index contributed by atoms with van der Waals surface area (Å²) >= 11 is 6.39. The molecule has 4 nitrogen and oxygen atoms in total. The predicted octanol–water partition coefficient (Wildman–Crippen LogP) is 4.73. The number of halogens is 1. The average molecular weight is 371 g/mol. The molecule has 1 aliphatic rings. The fourth-order valence-electron chi connectivity index (χ4n) is 3.45. The Balaban J connectivity index is 1.85. The summed E-state index contributed by atoms with van der Waals surface area (Å²) in [4.78, 5) is 35.1. The highest BCUT2D eigenvalue weighted by molar-refractivity contribution is 6.37. The summed E-state index contributed by atoms with van der Waals surface area (Å²) in [5, 5.41) is 0.802. The molecule has 128 valence electrons. The standard InChI is InChI=1S/C22H11ClN2O2/c23-21-16-11-10-15-17(20(27)14-9-5-4-8-13(14)19(15)26)18(16)24-22(25-21)12-6-2-1-3-7-12/h1-11H. The van der Waals surface area contributed by atoms with Gasteiger partial charge in [0.05, 0.1) is 11.1 Å². The molecule has 0 radical (unpaired) electrons. The number of nitrogens with zero attached hydrogens (tertiary/aromatic N) is 2. The fourth-order valence-corrected chi connectivity index (χ4v) is 3.68. The van der Waals surface area contributed by atoms with Gasteiger partial charge < -0.3 is 0 Å². The van der Waals surface area contributed by atoms with Crippen LogP contribution in [0.15, 0.2) is 66.7 Å². The lowest BCUT2D eigenvalue weighted by atomic mass is 9.83. The van der Waals surface area contributed by atoms with E-state index < -0.39 is 0 Å². The summed E-state index contributed by atoms with van der Waals surface area (Å²) in [6.07, 6.45) is 0. The van der Waals surface area contributed by atoms with Gasteiger partial charge in [-0.1, -0.05) is 66.2 Å². The summed E-state index contributed by atoms with van der Waals surface area (Å²) < 4.78 is 0. The first kappa shape index (κ1) is 15.9. The van der Waals surface area contributed by atoms with Gasteiger partial charge in [-0.15, -0.1) is 0 Å². The van der Waals surface area contributed by atoms with Crippen molar-refractivity contribution in [2.75, 3.05) is 0 Å². The van der Waals surface area contributed by atoms with E-state index in [9.17, 15) is 9.59 Å². The zero-order chi connectivity index (χ0) is 18.5. The van der Waals surface area contributed by atoms with Gasteiger partial charge in [0.15, 0.2) is 17.4 Å². The molecule has 0 amide bonds. The Morgan fingerprint density at radius 1 is 0.667 bits per heavy atom. The Morgan fingerprint density at radius 2 is 1.33 bits per heavy atom. The van der Waals surface area contributed by atoms with Crippen molar-refractivity contribution in [1.82, 2.24) is 9.97 Å². The molecule has 0 N–H and O–H groups in total. The van der Waals surface area contributed by atoms with Crippen LogP contribution in [0.4, 0.5) is 0 Å². The van der Waals surface area contributed by atoms with Crippen LogP contribution in [-0.2, 0) is 0 Å². The third kappa shape index (κ3) is 2.31. The summed E-state index contributed by atoms with van der Waals surface area (Å²) in [7, 11) is 0. The number of rotatable bonds is 1. The van der Waals surface area contributed by atoms with Crippen LogP contribution in [-0.4, -0.2) is 21.5 Å². The molecule has 0 aliphatic heterocycles. The third-order valence-corrected chi connectivity index (χ3v) is 5.03. The molecule has 5 heteroatoms. The van der Waals surface area contributed by atoms with E-state index in [4.69, 9.17) is 11.6 Å². The second-order valence-electron chi connectivity index (χ2n) is 6.29. The molecule has 0 bridgehead atoms. The van der Waals surface area contributed by atoms with Gasteiger partial charge in [0.2, 0.25) is 0 Å². The number of aromatic nitrogens is 2. The van der Waals surface area contributed by atoms with Crippen LogP contribution in [0.25, 0.3) is 22.3 Å². The van der Waals surface area contributed by atoms with E-state index >= 15 is 0 Å². The Hall–Kier alpha value is -3.37. The summed E-state index contributed by atoms with van der Waals surface area (Å²) in [6.45, 7) is 0. The number of hydrogen-bond acceptors (Lipinski definition) is 4. The topological polar surface area (TPSA) is 59.9 Å². The lowest BCUT2D eigenvalue weighted by molar-refractivity contribution is 0.0980. The highest BCUT2D eigenvalue weighted by Gasteiger charge is 2.32. The van der Waals surface area contributed by atoms with Crippen molar-refractivity contribution in [2.24, 2.45) is 0 Å². The van der Waals surface area contributed by atoms with Crippen LogP contribution in [0, 0.1) is 0 Å².